The van der Waals surface area contributed by atoms with E-state index in [1.807, 2.05) is 0 Å². The minimum atomic E-state index is -0.986. The maximum Gasteiger partial charge on any atom is 0.341 e. The fourth-order valence-electron chi connectivity index (χ4n) is 1.54. The summed E-state index contributed by atoms with van der Waals surface area (Å²) in [7, 11) is 0. The van der Waals surface area contributed by atoms with Crippen LogP contribution in [0.2, 0.25) is 0 Å². The zero-order valence-electron chi connectivity index (χ0n) is 8.91. The lowest BCUT2D eigenvalue weighted by Crippen LogP contribution is -2.19. The average molecular weight is 243 g/mol. The molecule has 0 aliphatic carbocycles. The molecule has 1 fully saturated rings. The quantitative estimate of drug-likeness (QED) is 0.631. The predicted molar refractivity (Wildman–Crippen MR) is 55.4 cm³/mol. The highest BCUT2D eigenvalue weighted by molar-refractivity contribution is 5.90. The number of rotatable bonds is 2. The Kier molecular flexibility index (Phi) is 3.23. The number of ether oxygens (including phenoxy) is 2. The van der Waals surface area contributed by atoms with Crippen molar-refractivity contribution >= 4 is 11.7 Å². The fraction of sp³-hybridized carbons (Fsp3) is 0.364. The summed E-state index contributed by atoms with van der Waals surface area (Å²) in [5, 5.41) is 0. The number of hydrogen-bond donors (Lipinski definition) is 1. The van der Waals surface area contributed by atoms with E-state index in [1.165, 1.54) is 0 Å². The van der Waals surface area contributed by atoms with Crippen LogP contribution in [0.4, 0.5) is 14.5 Å². The van der Waals surface area contributed by atoms with Crippen LogP contribution in [0.3, 0.4) is 0 Å². The van der Waals surface area contributed by atoms with Gasteiger partial charge in [-0.25, -0.2) is 13.6 Å². The number of esters is 1. The van der Waals surface area contributed by atoms with Crippen molar-refractivity contribution in [1.29, 1.82) is 0 Å². The molecule has 0 bridgehead atoms. The van der Waals surface area contributed by atoms with E-state index in [4.69, 9.17) is 15.2 Å². The minimum absolute atomic E-state index is 0.291. The van der Waals surface area contributed by atoms with Crippen LogP contribution >= 0.6 is 0 Å². The molecule has 1 unspecified atom stereocenters. The maximum atomic E-state index is 13.3. The molecule has 0 aromatic heterocycles. The number of nitrogen functional groups attached to an aromatic ring is 1. The van der Waals surface area contributed by atoms with Crippen molar-refractivity contribution in [2.75, 3.05) is 18.9 Å². The smallest absolute Gasteiger partial charge is 0.341 e. The van der Waals surface area contributed by atoms with Crippen LogP contribution in [0.15, 0.2) is 12.1 Å². The van der Waals surface area contributed by atoms with Crippen molar-refractivity contribution < 1.29 is 23.0 Å². The summed E-state index contributed by atoms with van der Waals surface area (Å²) < 4.78 is 36.2. The van der Waals surface area contributed by atoms with Gasteiger partial charge in [-0.1, -0.05) is 0 Å². The highest BCUT2D eigenvalue weighted by Crippen LogP contribution is 2.19. The third-order valence-corrected chi connectivity index (χ3v) is 2.47. The van der Waals surface area contributed by atoms with E-state index in [0.29, 0.717) is 25.7 Å². The maximum absolute atomic E-state index is 13.3. The van der Waals surface area contributed by atoms with Gasteiger partial charge in [0.25, 0.3) is 0 Å². The van der Waals surface area contributed by atoms with Crippen molar-refractivity contribution in [1.82, 2.24) is 0 Å². The minimum Gasteiger partial charge on any atom is -0.456 e. The first-order valence-electron chi connectivity index (χ1n) is 5.11. The normalized spacial score (nSPS) is 19.3. The van der Waals surface area contributed by atoms with Crippen LogP contribution in [-0.4, -0.2) is 25.3 Å². The molecule has 0 spiro atoms. The Bertz CT molecular complexity index is 445. The van der Waals surface area contributed by atoms with Gasteiger partial charge >= 0.3 is 5.97 Å². The van der Waals surface area contributed by atoms with Crippen molar-refractivity contribution in [2.24, 2.45) is 0 Å². The number of hydrogen-bond acceptors (Lipinski definition) is 4. The van der Waals surface area contributed by atoms with Crippen molar-refractivity contribution in [3.63, 3.8) is 0 Å². The molecule has 1 aliphatic heterocycles. The van der Waals surface area contributed by atoms with Crippen LogP contribution < -0.4 is 5.73 Å². The topological polar surface area (TPSA) is 61.6 Å². The van der Waals surface area contributed by atoms with E-state index in [1.54, 1.807) is 0 Å². The first-order valence-corrected chi connectivity index (χ1v) is 5.11. The highest BCUT2D eigenvalue weighted by Gasteiger charge is 2.23. The Morgan fingerprint density at radius 2 is 2.18 bits per heavy atom. The first kappa shape index (κ1) is 11.8. The summed E-state index contributed by atoms with van der Waals surface area (Å²) >= 11 is 0. The number of carbonyl (C=O) groups is 1. The molecule has 1 atom stereocenters. The summed E-state index contributed by atoms with van der Waals surface area (Å²) in [4.78, 5) is 11.6. The van der Waals surface area contributed by atoms with E-state index in [9.17, 15) is 13.6 Å². The Hall–Kier alpha value is -1.69. The summed E-state index contributed by atoms with van der Waals surface area (Å²) in [6, 6.07) is 1.50. The number of anilines is 1. The average Bonchev–Trinajstić information content (AvgIpc) is 2.76. The number of nitrogens with two attached hydrogens (primary N) is 1. The van der Waals surface area contributed by atoms with Crippen LogP contribution in [0.1, 0.15) is 16.8 Å². The summed E-state index contributed by atoms with van der Waals surface area (Å²) in [5.41, 5.74) is 4.61. The molecule has 1 aromatic rings. The lowest BCUT2D eigenvalue weighted by atomic mass is 10.2. The number of benzene rings is 1. The van der Waals surface area contributed by atoms with Crippen LogP contribution in [0.5, 0.6) is 0 Å². The summed E-state index contributed by atoms with van der Waals surface area (Å²) in [6.07, 6.45) is 0.192. The van der Waals surface area contributed by atoms with Gasteiger partial charge in [0, 0.05) is 12.5 Å². The molecule has 0 amide bonds. The molecule has 1 aromatic carbocycles. The zero-order chi connectivity index (χ0) is 12.4. The Labute approximate surface area is 96.3 Å². The van der Waals surface area contributed by atoms with E-state index < -0.39 is 17.6 Å². The Balaban J connectivity index is 2.15. The molecular formula is C11H11F2NO3. The number of carbonyl (C=O) groups excluding carboxylic acids is 1. The van der Waals surface area contributed by atoms with Gasteiger partial charge in [-0.2, -0.15) is 0 Å². The lowest BCUT2D eigenvalue weighted by Gasteiger charge is -2.11. The molecule has 92 valence electrons. The third-order valence-electron chi connectivity index (χ3n) is 2.47. The van der Waals surface area contributed by atoms with Gasteiger partial charge in [0.05, 0.1) is 24.5 Å². The molecule has 4 nitrogen and oxygen atoms in total. The van der Waals surface area contributed by atoms with E-state index in [0.717, 1.165) is 6.07 Å². The van der Waals surface area contributed by atoms with Crippen LogP contribution in [0, 0.1) is 11.6 Å². The molecule has 2 N–H and O–H groups in total. The van der Waals surface area contributed by atoms with Crippen LogP contribution in [-0.2, 0) is 9.47 Å². The van der Waals surface area contributed by atoms with Gasteiger partial charge in [0.15, 0.2) is 0 Å². The van der Waals surface area contributed by atoms with Crippen molar-refractivity contribution in [3.05, 3.63) is 29.3 Å². The third kappa shape index (κ3) is 2.52. The van der Waals surface area contributed by atoms with Gasteiger partial charge < -0.3 is 15.2 Å². The molecule has 1 saturated heterocycles. The summed E-state index contributed by atoms with van der Waals surface area (Å²) in [5.74, 6) is -2.74. The largest absolute Gasteiger partial charge is 0.456 e. The van der Waals surface area contributed by atoms with Gasteiger partial charge in [-0.15, -0.1) is 0 Å². The Morgan fingerprint density at radius 3 is 2.82 bits per heavy atom. The molecule has 1 heterocycles. The van der Waals surface area contributed by atoms with E-state index >= 15 is 0 Å². The Morgan fingerprint density at radius 1 is 1.41 bits per heavy atom. The highest BCUT2D eigenvalue weighted by atomic mass is 19.1. The molecule has 0 saturated carbocycles. The van der Waals surface area contributed by atoms with Gasteiger partial charge in [0.1, 0.15) is 17.7 Å². The molecule has 6 heteroatoms. The SMILES string of the molecule is Nc1cc(C(=O)OC2CCOC2)c(F)cc1F. The van der Waals surface area contributed by atoms with Crippen molar-refractivity contribution in [2.45, 2.75) is 12.5 Å². The lowest BCUT2D eigenvalue weighted by molar-refractivity contribution is 0.0265. The second-order valence-corrected chi connectivity index (χ2v) is 3.74. The molecule has 2 rings (SSSR count). The van der Waals surface area contributed by atoms with E-state index in [-0.39, 0.29) is 17.4 Å². The van der Waals surface area contributed by atoms with E-state index in [2.05, 4.69) is 0 Å². The van der Waals surface area contributed by atoms with Gasteiger partial charge in [0.2, 0.25) is 0 Å². The second-order valence-electron chi connectivity index (χ2n) is 3.74. The molecule has 1 aliphatic rings. The molecule has 0 radical (unpaired) electrons. The molecule has 17 heavy (non-hydrogen) atoms. The first-order chi connectivity index (χ1) is 8.08. The second kappa shape index (κ2) is 4.67. The van der Waals surface area contributed by atoms with Crippen LogP contribution in [0.25, 0.3) is 0 Å². The monoisotopic (exact) mass is 243 g/mol. The molecular weight excluding hydrogens is 232 g/mol. The standard InChI is InChI=1S/C11H11F2NO3/c12-8-4-9(13)10(14)3-7(8)11(15)17-6-1-2-16-5-6/h3-4,6H,1-2,5,14H2. The van der Waals surface area contributed by atoms with Gasteiger partial charge in [-0.3, -0.25) is 0 Å². The number of halogens is 2. The predicted octanol–water partition coefficient (Wildman–Crippen LogP) is 1.49. The van der Waals surface area contributed by atoms with Gasteiger partial charge in [-0.05, 0) is 6.07 Å². The zero-order valence-corrected chi connectivity index (χ0v) is 8.91. The van der Waals surface area contributed by atoms with Crippen molar-refractivity contribution in [3.8, 4) is 0 Å². The summed E-state index contributed by atoms with van der Waals surface area (Å²) in [6.45, 7) is 0.802. The fourth-order valence-corrected chi connectivity index (χ4v) is 1.54.